The Bertz CT molecular complexity index is 572. The van der Waals surface area contributed by atoms with Gasteiger partial charge in [0.05, 0.1) is 12.7 Å². The van der Waals surface area contributed by atoms with Crippen molar-refractivity contribution in [3.63, 3.8) is 0 Å². The van der Waals surface area contributed by atoms with Crippen molar-refractivity contribution in [2.24, 2.45) is 0 Å². The summed E-state index contributed by atoms with van der Waals surface area (Å²) in [6.45, 7) is 4.17. The zero-order valence-electron chi connectivity index (χ0n) is 13.0. The highest BCUT2D eigenvalue weighted by atomic mass is 16.4. The zero-order chi connectivity index (χ0) is 16.7. The number of carboxylic acid groups (broad SMARTS) is 1. The fraction of sp³-hybridized carbons (Fsp3) is 0.353. The largest absolute Gasteiger partial charge is 0.511 e. The first-order valence-electron chi connectivity index (χ1n) is 7.63. The molecule has 23 heavy (non-hydrogen) atoms. The van der Waals surface area contributed by atoms with Gasteiger partial charge in [-0.2, -0.15) is 0 Å². The third-order valence-electron chi connectivity index (χ3n) is 3.79. The van der Waals surface area contributed by atoms with Gasteiger partial charge in [0.15, 0.2) is 0 Å². The second-order valence-corrected chi connectivity index (χ2v) is 5.56. The molecule has 0 saturated carbocycles. The van der Waals surface area contributed by atoms with Gasteiger partial charge in [0, 0.05) is 18.3 Å². The lowest BCUT2D eigenvalue weighted by atomic mass is 10.0. The van der Waals surface area contributed by atoms with Gasteiger partial charge < -0.3 is 20.8 Å². The fourth-order valence-electron chi connectivity index (χ4n) is 2.50. The first-order chi connectivity index (χ1) is 11.1. The number of aliphatic hydroxyl groups excluding tert-OH is 1. The van der Waals surface area contributed by atoms with E-state index >= 15 is 0 Å². The van der Waals surface area contributed by atoms with Crippen molar-refractivity contribution >= 4 is 5.97 Å². The number of aliphatic carboxylic acids is 1. The zero-order valence-corrected chi connectivity index (χ0v) is 13.0. The molecular weight excluding hydrogens is 294 g/mol. The molecule has 6 nitrogen and oxygen atoms in total. The van der Waals surface area contributed by atoms with E-state index in [1.165, 1.54) is 0 Å². The molecule has 0 amide bonds. The van der Waals surface area contributed by atoms with Crippen LogP contribution in [0.3, 0.4) is 0 Å². The first-order valence-corrected chi connectivity index (χ1v) is 7.63. The number of aryl methyl sites for hydroxylation is 1. The van der Waals surface area contributed by atoms with Crippen LogP contribution in [0.15, 0.2) is 54.6 Å². The predicted molar refractivity (Wildman–Crippen MR) is 88.7 cm³/mol. The number of rotatable bonds is 9. The molecule has 0 fully saturated rings. The molecular formula is C17H23N3O3. The van der Waals surface area contributed by atoms with Gasteiger partial charge in [0.2, 0.25) is 0 Å². The van der Waals surface area contributed by atoms with Crippen molar-refractivity contribution in [3.8, 4) is 0 Å². The molecule has 124 valence electrons. The second-order valence-electron chi connectivity index (χ2n) is 5.56. The smallest absolute Gasteiger partial charge is 0.321 e. The molecule has 2 atom stereocenters. The van der Waals surface area contributed by atoms with E-state index < -0.39 is 18.1 Å². The third kappa shape index (κ3) is 5.34. The Labute approximate surface area is 135 Å². The maximum absolute atomic E-state index is 11.5. The van der Waals surface area contributed by atoms with Crippen LogP contribution in [0.5, 0.6) is 0 Å². The van der Waals surface area contributed by atoms with Crippen molar-refractivity contribution in [3.05, 3.63) is 60.1 Å². The molecule has 0 radical (unpaired) electrons. The average molecular weight is 317 g/mol. The number of aliphatic hydroxyl groups is 1. The lowest BCUT2D eigenvalue weighted by Gasteiger charge is -2.23. The summed E-state index contributed by atoms with van der Waals surface area (Å²) < 4.78 is 0. The van der Waals surface area contributed by atoms with Crippen LogP contribution in [0.2, 0.25) is 0 Å². The molecule has 0 aliphatic carbocycles. The van der Waals surface area contributed by atoms with Crippen LogP contribution in [0.1, 0.15) is 18.4 Å². The molecule has 0 saturated heterocycles. The van der Waals surface area contributed by atoms with Crippen molar-refractivity contribution < 1.29 is 15.0 Å². The van der Waals surface area contributed by atoms with E-state index in [0.717, 1.165) is 17.7 Å². The number of benzene rings is 1. The van der Waals surface area contributed by atoms with Gasteiger partial charge in [0.25, 0.3) is 0 Å². The Morgan fingerprint density at radius 1 is 1.26 bits per heavy atom. The Kier molecular flexibility index (Phi) is 6.05. The van der Waals surface area contributed by atoms with Crippen molar-refractivity contribution in [2.45, 2.75) is 31.3 Å². The van der Waals surface area contributed by atoms with E-state index in [1.54, 1.807) is 6.20 Å². The van der Waals surface area contributed by atoms with E-state index in [4.69, 9.17) is 0 Å². The number of nitrogens with one attached hydrogen (secondary N) is 3. The predicted octanol–water partition coefficient (Wildman–Crippen LogP) is 1.48. The van der Waals surface area contributed by atoms with Gasteiger partial charge in [-0.05, 0) is 18.4 Å². The summed E-state index contributed by atoms with van der Waals surface area (Å²) in [7, 11) is 0. The summed E-state index contributed by atoms with van der Waals surface area (Å²) in [5, 5.41) is 28.2. The van der Waals surface area contributed by atoms with E-state index in [1.807, 2.05) is 30.3 Å². The monoisotopic (exact) mass is 317 g/mol. The molecule has 0 spiro atoms. The lowest BCUT2D eigenvalue weighted by Crippen LogP contribution is -2.45. The standard InChI is InChI=1S/C17H23N3O3/c1-12(21)15(8-7-13-5-3-2-4-6-13)20-16(17(22)23)9-14-10-18-11-19-14/h2-6,10,15-16,18-21H,1,7-9,11H2,(H,22,23)/t15?,16-/m0/s1. The molecule has 1 aromatic rings. The molecule has 6 heteroatoms. The molecule has 0 bridgehead atoms. The Hall–Kier alpha value is -2.47. The van der Waals surface area contributed by atoms with E-state index in [9.17, 15) is 15.0 Å². The minimum atomic E-state index is -0.953. The molecule has 5 N–H and O–H groups in total. The minimum absolute atomic E-state index is 0.0429. The second kappa shape index (κ2) is 8.24. The van der Waals surface area contributed by atoms with Crippen LogP contribution in [-0.4, -0.2) is 34.9 Å². The molecule has 1 aromatic carbocycles. The Morgan fingerprint density at radius 3 is 2.57 bits per heavy atom. The normalized spacial score (nSPS) is 15.9. The maximum Gasteiger partial charge on any atom is 0.321 e. The summed E-state index contributed by atoms with van der Waals surface area (Å²) in [6, 6.07) is 8.61. The van der Waals surface area contributed by atoms with Gasteiger partial charge in [0.1, 0.15) is 11.8 Å². The van der Waals surface area contributed by atoms with Gasteiger partial charge in [-0.25, -0.2) is 0 Å². The van der Waals surface area contributed by atoms with Crippen molar-refractivity contribution in [2.75, 3.05) is 6.67 Å². The molecule has 1 unspecified atom stereocenters. The van der Waals surface area contributed by atoms with E-state index in [0.29, 0.717) is 19.5 Å². The summed E-state index contributed by atoms with van der Waals surface area (Å²) in [4.78, 5) is 11.5. The lowest BCUT2D eigenvalue weighted by molar-refractivity contribution is -0.139. The highest BCUT2D eigenvalue weighted by molar-refractivity contribution is 5.74. The number of hydrogen-bond acceptors (Lipinski definition) is 5. The molecule has 0 aromatic heterocycles. The van der Waals surface area contributed by atoms with Crippen LogP contribution in [0, 0.1) is 0 Å². The van der Waals surface area contributed by atoms with Gasteiger partial charge in [-0.15, -0.1) is 0 Å². The Balaban J connectivity index is 1.95. The van der Waals surface area contributed by atoms with Gasteiger partial charge in [-0.1, -0.05) is 36.9 Å². The fourth-order valence-corrected chi connectivity index (χ4v) is 2.50. The van der Waals surface area contributed by atoms with Crippen molar-refractivity contribution in [1.82, 2.24) is 16.0 Å². The maximum atomic E-state index is 11.5. The molecule has 1 aliphatic rings. The van der Waals surface area contributed by atoms with Crippen LogP contribution in [-0.2, 0) is 11.2 Å². The first kappa shape index (κ1) is 16.9. The van der Waals surface area contributed by atoms with Crippen LogP contribution in [0.25, 0.3) is 0 Å². The summed E-state index contributed by atoms with van der Waals surface area (Å²) in [6.07, 6.45) is 3.39. The summed E-state index contributed by atoms with van der Waals surface area (Å²) in [5.41, 5.74) is 1.96. The Morgan fingerprint density at radius 2 is 2.00 bits per heavy atom. The SMILES string of the molecule is C=C(O)C(CCc1ccccc1)N[C@@H](CC1=CNCN1)C(=O)O. The molecule has 2 rings (SSSR count). The highest BCUT2D eigenvalue weighted by Crippen LogP contribution is 2.12. The molecule has 1 aliphatic heterocycles. The quantitative estimate of drug-likeness (QED) is 0.443. The number of carbonyl (C=O) groups is 1. The van der Waals surface area contributed by atoms with Gasteiger partial charge in [-0.3, -0.25) is 10.1 Å². The average Bonchev–Trinajstić information content (AvgIpc) is 3.03. The summed E-state index contributed by atoms with van der Waals surface area (Å²) in [5.74, 6) is -0.996. The van der Waals surface area contributed by atoms with Crippen LogP contribution < -0.4 is 16.0 Å². The van der Waals surface area contributed by atoms with E-state index in [-0.39, 0.29) is 5.76 Å². The van der Waals surface area contributed by atoms with Crippen LogP contribution >= 0.6 is 0 Å². The number of carboxylic acids is 1. The third-order valence-corrected chi connectivity index (χ3v) is 3.79. The highest BCUT2D eigenvalue weighted by Gasteiger charge is 2.24. The number of hydrogen-bond donors (Lipinski definition) is 5. The van der Waals surface area contributed by atoms with E-state index in [2.05, 4.69) is 22.5 Å². The van der Waals surface area contributed by atoms with Gasteiger partial charge >= 0.3 is 5.97 Å². The minimum Gasteiger partial charge on any atom is -0.511 e. The van der Waals surface area contributed by atoms with Crippen molar-refractivity contribution in [1.29, 1.82) is 0 Å². The topological polar surface area (TPSA) is 93.6 Å². The van der Waals surface area contributed by atoms with Crippen LogP contribution in [0.4, 0.5) is 0 Å². The summed E-state index contributed by atoms with van der Waals surface area (Å²) >= 11 is 0. The molecule has 1 heterocycles.